The molecule has 0 bridgehead atoms. The van der Waals surface area contributed by atoms with E-state index in [0.29, 0.717) is 11.5 Å². The lowest BCUT2D eigenvalue weighted by Gasteiger charge is -2.01. The highest BCUT2D eigenvalue weighted by Crippen LogP contribution is 2.35. The molecule has 0 spiro atoms. The number of rotatable bonds is 1. The number of hydrogen-bond donors (Lipinski definition) is 0. The van der Waals surface area contributed by atoms with Gasteiger partial charge in [0, 0.05) is 15.6 Å². The zero-order valence-electron chi connectivity index (χ0n) is 10.9. The Morgan fingerprint density at radius 3 is 2.48 bits per heavy atom. The van der Waals surface area contributed by atoms with E-state index in [0.717, 1.165) is 25.9 Å². The fraction of sp³-hybridized carbons (Fsp3) is 0. The van der Waals surface area contributed by atoms with Gasteiger partial charge in [0.2, 0.25) is 0 Å². The molecular weight excluding hydrogens is 278 g/mol. The molecule has 2 aromatic heterocycles. The molecular formula is C17H9N3S. The molecule has 4 aromatic rings. The Morgan fingerprint density at radius 2 is 1.67 bits per heavy atom. The van der Waals surface area contributed by atoms with Crippen molar-refractivity contribution in [3.8, 4) is 17.5 Å². The zero-order chi connectivity index (χ0) is 14.2. The minimum absolute atomic E-state index is 0.441. The van der Waals surface area contributed by atoms with Crippen LogP contribution in [0.3, 0.4) is 0 Å². The van der Waals surface area contributed by atoms with Crippen molar-refractivity contribution in [3.05, 3.63) is 60.3 Å². The molecule has 98 valence electrons. The van der Waals surface area contributed by atoms with Crippen LogP contribution >= 0.6 is 11.3 Å². The molecule has 0 N–H and O–H groups in total. The fourth-order valence-corrected chi connectivity index (χ4v) is 3.50. The molecule has 0 unspecified atom stereocenters. The number of aromatic nitrogens is 2. The van der Waals surface area contributed by atoms with Crippen molar-refractivity contribution >= 4 is 31.6 Å². The van der Waals surface area contributed by atoms with Crippen LogP contribution in [-0.4, -0.2) is 9.97 Å². The molecule has 0 aliphatic heterocycles. The summed E-state index contributed by atoms with van der Waals surface area (Å²) in [6, 6.07) is 20.0. The number of benzene rings is 2. The molecule has 0 radical (unpaired) electrons. The lowest BCUT2D eigenvalue weighted by Crippen LogP contribution is -1.92. The molecule has 0 aliphatic rings. The molecule has 21 heavy (non-hydrogen) atoms. The SMILES string of the molecule is N#Cc1nc(-c2ccccc2)nc2sc3ccccc3c12. The van der Waals surface area contributed by atoms with E-state index in [1.54, 1.807) is 11.3 Å². The van der Waals surface area contributed by atoms with Crippen molar-refractivity contribution in [2.45, 2.75) is 0 Å². The largest absolute Gasteiger partial charge is 0.217 e. The van der Waals surface area contributed by atoms with E-state index < -0.39 is 0 Å². The van der Waals surface area contributed by atoms with Gasteiger partial charge < -0.3 is 0 Å². The highest BCUT2D eigenvalue weighted by atomic mass is 32.1. The summed E-state index contributed by atoms with van der Waals surface area (Å²) in [6.45, 7) is 0. The van der Waals surface area contributed by atoms with E-state index >= 15 is 0 Å². The van der Waals surface area contributed by atoms with Crippen molar-refractivity contribution < 1.29 is 0 Å². The Morgan fingerprint density at radius 1 is 0.905 bits per heavy atom. The molecule has 0 amide bonds. The smallest absolute Gasteiger partial charge is 0.162 e. The predicted octanol–water partition coefficient (Wildman–Crippen LogP) is 4.38. The highest BCUT2D eigenvalue weighted by molar-refractivity contribution is 7.25. The summed E-state index contributed by atoms with van der Waals surface area (Å²) in [5, 5.41) is 11.4. The van der Waals surface area contributed by atoms with E-state index in [9.17, 15) is 5.26 Å². The summed E-state index contributed by atoms with van der Waals surface area (Å²) in [5.41, 5.74) is 1.37. The first-order valence-electron chi connectivity index (χ1n) is 6.51. The molecule has 0 saturated carbocycles. The number of nitrogens with zero attached hydrogens (tertiary/aromatic N) is 3. The van der Waals surface area contributed by atoms with Crippen LogP contribution in [0.25, 0.3) is 31.7 Å². The number of fused-ring (bicyclic) bond motifs is 3. The molecule has 3 nitrogen and oxygen atoms in total. The quantitative estimate of drug-likeness (QED) is 0.522. The van der Waals surface area contributed by atoms with Gasteiger partial charge in [-0.15, -0.1) is 11.3 Å². The van der Waals surface area contributed by atoms with Crippen molar-refractivity contribution in [3.63, 3.8) is 0 Å². The molecule has 4 heteroatoms. The van der Waals surface area contributed by atoms with Crippen molar-refractivity contribution in [2.24, 2.45) is 0 Å². The van der Waals surface area contributed by atoms with Crippen LogP contribution < -0.4 is 0 Å². The van der Waals surface area contributed by atoms with E-state index in [2.05, 4.69) is 16.0 Å². The van der Waals surface area contributed by atoms with Crippen molar-refractivity contribution in [1.29, 1.82) is 5.26 Å². The normalized spacial score (nSPS) is 10.8. The minimum Gasteiger partial charge on any atom is -0.217 e. The van der Waals surface area contributed by atoms with Gasteiger partial charge in [0.1, 0.15) is 10.9 Å². The molecule has 2 aromatic carbocycles. The summed E-state index contributed by atoms with van der Waals surface area (Å²) in [7, 11) is 0. The van der Waals surface area contributed by atoms with Crippen LogP contribution in [0.1, 0.15) is 5.69 Å². The van der Waals surface area contributed by atoms with E-state index in [1.807, 2.05) is 54.6 Å². The van der Waals surface area contributed by atoms with E-state index in [4.69, 9.17) is 0 Å². The number of nitriles is 1. The standard InChI is InChI=1S/C17H9N3S/c18-10-13-15-12-8-4-5-9-14(12)21-17(15)20-16(19-13)11-6-2-1-3-7-11/h1-9H. The van der Waals surface area contributed by atoms with Crippen LogP contribution in [0, 0.1) is 11.3 Å². The first kappa shape index (κ1) is 12.0. The topological polar surface area (TPSA) is 49.6 Å². The second kappa shape index (κ2) is 4.65. The Hall–Kier alpha value is -2.77. The third-order valence-corrected chi connectivity index (χ3v) is 4.44. The van der Waals surface area contributed by atoms with Crippen LogP contribution in [-0.2, 0) is 0 Å². The van der Waals surface area contributed by atoms with Crippen LogP contribution in [0.15, 0.2) is 54.6 Å². The van der Waals surface area contributed by atoms with Gasteiger partial charge in [0.15, 0.2) is 11.5 Å². The maximum absolute atomic E-state index is 9.45. The summed E-state index contributed by atoms with van der Waals surface area (Å²) >= 11 is 1.60. The average Bonchev–Trinajstić information content (AvgIpc) is 2.93. The second-order valence-corrected chi connectivity index (χ2v) is 5.68. The summed E-state index contributed by atoms with van der Waals surface area (Å²) in [6.07, 6.45) is 0. The van der Waals surface area contributed by atoms with E-state index in [-0.39, 0.29) is 0 Å². The maximum atomic E-state index is 9.45. The second-order valence-electron chi connectivity index (χ2n) is 4.65. The molecule has 0 fully saturated rings. The maximum Gasteiger partial charge on any atom is 0.162 e. The van der Waals surface area contributed by atoms with Crippen molar-refractivity contribution in [1.82, 2.24) is 9.97 Å². The van der Waals surface area contributed by atoms with Gasteiger partial charge in [-0.05, 0) is 6.07 Å². The Kier molecular flexibility index (Phi) is 2.66. The lowest BCUT2D eigenvalue weighted by molar-refractivity contribution is 1.21. The minimum atomic E-state index is 0.441. The van der Waals surface area contributed by atoms with Gasteiger partial charge in [-0.25, -0.2) is 9.97 Å². The zero-order valence-corrected chi connectivity index (χ0v) is 11.8. The van der Waals surface area contributed by atoms with Gasteiger partial charge in [0.25, 0.3) is 0 Å². The molecule has 0 atom stereocenters. The Labute approximate surface area is 125 Å². The molecule has 0 aliphatic carbocycles. The third kappa shape index (κ3) is 1.87. The summed E-state index contributed by atoms with van der Waals surface area (Å²) < 4.78 is 1.13. The fourth-order valence-electron chi connectivity index (χ4n) is 2.42. The van der Waals surface area contributed by atoms with Gasteiger partial charge in [0.05, 0.1) is 5.39 Å². The third-order valence-electron chi connectivity index (χ3n) is 3.38. The molecule has 0 saturated heterocycles. The highest BCUT2D eigenvalue weighted by Gasteiger charge is 2.14. The lowest BCUT2D eigenvalue weighted by atomic mass is 10.1. The molecule has 2 heterocycles. The molecule has 4 rings (SSSR count). The van der Waals surface area contributed by atoms with Gasteiger partial charge in [-0.3, -0.25) is 0 Å². The predicted molar refractivity (Wildman–Crippen MR) is 85.1 cm³/mol. The summed E-state index contributed by atoms with van der Waals surface area (Å²) in [4.78, 5) is 9.96. The van der Waals surface area contributed by atoms with Crippen LogP contribution in [0.5, 0.6) is 0 Å². The van der Waals surface area contributed by atoms with E-state index in [1.165, 1.54) is 0 Å². The Balaban J connectivity index is 2.10. The van der Waals surface area contributed by atoms with Crippen LogP contribution in [0.4, 0.5) is 0 Å². The average molecular weight is 287 g/mol. The van der Waals surface area contributed by atoms with Crippen molar-refractivity contribution in [2.75, 3.05) is 0 Å². The number of hydrogen-bond acceptors (Lipinski definition) is 4. The summed E-state index contributed by atoms with van der Waals surface area (Å²) in [5.74, 6) is 0.603. The first-order valence-corrected chi connectivity index (χ1v) is 7.33. The van der Waals surface area contributed by atoms with Gasteiger partial charge >= 0.3 is 0 Å². The Bertz CT molecular complexity index is 997. The van der Waals surface area contributed by atoms with Gasteiger partial charge in [-0.2, -0.15) is 5.26 Å². The number of thiophene rings is 1. The van der Waals surface area contributed by atoms with Crippen LogP contribution in [0.2, 0.25) is 0 Å². The first-order chi connectivity index (χ1) is 10.4. The van der Waals surface area contributed by atoms with Gasteiger partial charge in [-0.1, -0.05) is 48.5 Å². The monoisotopic (exact) mass is 287 g/mol.